The van der Waals surface area contributed by atoms with Gasteiger partial charge in [-0.05, 0) is 12.1 Å². The molecule has 82 valence electrons. The maximum absolute atomic E-state index is 12.6. The lowest BCUT2D eigenvalue weighted by Gasteiger charge is -2.27. The summed E-state index contributed by atoms with van der Waals surface area (Å²) in [6.07, 6.45) is -4.25. The van der Waals surface area contributed by atoms with Gasteiger partial charge in [-0.25, -0.2) is 0 Å². The normalized spacial score (nSPS) is 17.5. The molecule has 5 heteroatoms. The second-order valence-electron chi connectivity index (χ2n) is 3.39. The minimum Gasteiger partial charge on any atom is -0.314 e. The van der Waals surface area contributed by atoms with Crippen molar-refractivity contribution in [2.75, 3.05) is 13.1 Å². The Bertz CT molecular complexity index is 347. The van der Waals surface area contributed by atoms with Gasteiger partial charge in [0.15, 0.2) is 0 Å². The average molecular weight is 233 g/mol. The summed E-state index contributed by atoms with van der Waals surface area (Å²) < 4.78 is 37.8. The van der Waals surface area contributed by atoms with Gasteiger partial charge in [-0.3, -0.25) is 0 Å². The molecule has 2 rings (SSSR count). The van der Waals surface area contributed by atoms with Gasteiger partial charge in [0.05, 0.1) is 5.56 Å². The van der Waals surface area contributed by atoms with E-state index in [1.54, 1.807) is 6.07 Å². The van der Waals surface area contributed by atoms with E-state index in [0.29, 0.717) is 4.90 Å². The smallest absolute Gasteiger partial charge is 0.314 e. The van der Waals surface area contributed by atoms with Gasteiger partial charge in [-0.2, -0.15) is 13.2 Å². The van der Waals surface area contributed by atoms with Crippen molar-refractivity contribution < 1.29 is 13.2 Å². The lowest BCUT2D eigenvalue weighted by Crippen LogP contribution is -2.44. The second-order valence-corrected chi connectivity index (χ2v) is 4.73. The van der Waals surface area contributed by atoms with E-state index in [4.69, 9.17) is 0 Å². The summed E-state index contributed by atoms with van der Waals surface area (Å²) in [5, 5.41) is 3.31. The zero-order chi connectivity index (χ0) is 10.9. The summed E-state index contributed by atoms with van der Waals surface area (Å²) in [6, 6.07) is 5.73. The van der Waals surface area contributed by atoms with Crippen LogP contribution in [0.2, 0.25) is 0 Å². The van der Waals surface area contributed by atoms with Crippen LogP contribution in [-0.2, 0) is 6.18 Å². The van der Waals surface area contributed by atoms with Gasteiger partial charge in [0.25, 0.3) is 0 Å². The Balaban J connectivity index is 2.21. The monoisotopic (exact) mass is 233 g/mol. The molecule has 0 saturated carbocycles. The molecular formula is C10H10F3NS. The van der Waals surface area contributed by atoms with Crippen molar-refractivity contribution >= 4 is 11.8 Å². The number of hydrogen-bond acceptors (Lipinski definition) is 2. The van der Waals surface area contributed by atoms with Gasteiger partial charge < -0.3 is 5.32 Å². The quantitative estimate of drug-likeness (QED) is 0.843. The molecule has 1 aromatic rings. The average Bonchev–Trinajstić information content (AvgIpc) is 2.10. The van der Waals surface area contributed by atoms with Crippen LogP contribution in [0.5, 0.6) is 0 Å². The van der Waals surface area contributed by atoms with Crippen molar-refractivity contribution in [3.8, 4) is 0 Å². The first-order valence-electron chi connectivity index (χ1n) is 4.61. The number of thioether (sulfide) groups is 1. The first-order chi connectivity index (χ1) is 7.07. The maximum Gasteiger partial charge on any atom is 0.417 e. The molecule has 0 amide bonds. The summed E-state index contributed by atoms with van der Waals surface area (Å²) in [7, 11) is 0. The van der Waals surface area contributed by atoms with Crippen molar-refractivity contribution in [2.45, 2.75) is 16.3 Å². The van der Waals surface area contributed by atoms with Gasteiger partial charge in [-0.1, -0.05) is 12.1 Å². The van der Waals surface area contributed by atoms with Crippen molar-refractivity contribution in [3.05, 3.63) is 29.8 Å². The third-order valence-corrected chi connectivity index (χ3v) is 3.51. The molecule has 0 unspecified atom stereocenters. The van der Waals surface area contributed by atoms with Crippen molar-refractivity contribution in [1.82, 2.24) is 5.32 Å². The Morgan fingerprint density at radius 3 is 2.40 bits per heavy atom. The molecule has 15 heavy (non-hydrogen) atoms. The highest BCUT2D eigenvalue weighted by atomic mass is 32.2. The Kier molecular flexibility index (Phi) is 2.93. The van der Waals surface area contributed by atoms with E-state index < -0.39 is 11.7 Å². The van der Waals surface area contributed by atoms with Crippen LogP contribution in [-0.4, -0.2) is 18.3 Å². The number of rotatable bonds is 2. The number of alkyl halides is 3. The summed E-state index contributed by atoms with van der Waals surface area (Å²) in [6.45, 7) is 1.58. The first-order valence-corrected chi connectivity index (χ1v) is 5.49. The molecule has 0 radical (unpaired) electrons. The van der Waals surface area contributed by atoms with Crippen LogP contribution in [0.25, 0.3) is 0 Å². The molecule has 1 saturated heterocycles. The number of nitrogens with one attached hydrogen (secondary N) is 1. The van der Waals surface area contributed by atoms with Gasteiger partial charge in [-0.15, -0.1) is 11.8 Å². The lowest BCUT2D eigenvalue weighted by atomic mass is 10.2. The molecule has 0 bridgehead atoms. The molecule has 1 aliphatic rings. The molecule has 1 N–H and O–H groups in total. The Morgan fingerprint density at radius 2 is 1.87 bits per heavy atom. The molecule has 1 aromatic carbocycles. The number of hydrogen-bond donors (Lipinski definition) is 1. The standard InChI is InChI=1S/C10H10F3NS/c11-10(12,13)8-3-1-2-4-9(8)15-7-5-14-6-7/h1-4,7,14H,5-6H2. The Morgan fingerprint density at radius 1 is 1.20 bits per heavy atom. The predicted molar refractivity (Wildman–Crippen MR) is 54.0 cm³/mol. The molecular weight excluding hydrogens is 223 g/mol. The van der Waals surface area contributed by atoms with Crippen LogP contribution in [0, 0.1) is 0 Å². The van der Waals surface area contributed by atoms with Crippen LogP contribution in [0.3, 0.4) is 0 Å². The summed E-state index contributed by atoms with van der Waals surface area (Å²) in [5.41, 5.74) is -0.526. The summed E-state index contributed by atoms with van der Waals surface area (Å²) >= 11 is 1.30. The predicted octanol–water partition coefficient (Wildman–Crippen LogP) is 2.77. The van der Waals surface area contributed by atoms with E-state index >= 15 is 0 Å². The maximum atomic E-state index is 12.6. The van der Waals surface area contributed by atoms with Gasteiger partial charge >= 0.3 is 6.18 Å². The highest BCUT2D eigenvalue weighted by Gasteiger charge is 2.34. The van der Waals surface area contributed by atoms with E-state index in [0.717, 1.165) is 19.2 Å². The van der Waals surface area contributed by atoms with Crippen LogP contribution < -0.4 is 5.32 Å². The van der Waals surface area contributed by atoms with Gasteiger partial charge in [0.1, 0.15) is 0 Å². The molecule has 0 atom stereocenters. The lowest BCUT2D eigenvalue weighted by molar-refractivity contribution is -0.139. The van der Waals surface area contributed by atoms with Crippen molar-refractivity contribution in [2.24, 2.45) is 0 Å². The first kappa shape index (κ1) is 10.8. The molecule has 1 aliphatic heterocycles. The van der Waals surface area contributed by atoms with Crippen LogP contribution in [0.1, 0.15) is 5.56 Å². The largest absolute Gasteiger partial charge is 0.417 e. The molecule has 1 heterocycles. The molecule has 1 fully saturated rings. The fourth-order valence-corrected chi connectivity index (χ4v) is 2.56. The third kappa shape index (κ3) is 2.46. The summed E-state index contributed by atoms with van der Waals surface area (Å²) in [4.78, 5) is 0.330. The topological polar surface area (TPSA) is 12.0 Å². The minimum absolute atomic E-state index is 0.272. The van der Waals surface area contributed by atoms with Crippen molar-refractivity contribution in [1.29, 1.82) is 0 Å². The molecule has 0 spiro atoms. The Labute approximate surface area is 90.1 Å². The van der Waals surface area contributed by atoms with E-state index in [1.165, 1.54) is 23.9 Å². The zero-order valence-electron chi connectivity index (χ0n) is 7.84. The Hall–Kier alpha value is -0.680. The SMILES string of the molecule is FC(F)(F)c1ccccc1SC1CNC1. The molecule has 0 aromatic heterocycles. The van der Waals surface area contributed by atoms with E-state index in [9.17, 15) is 13.2 Å². The fraction of sp³-hybridized carbons (Fsp3) is 0.400. The minimum atomic E-state index is -4.25. The van der Waals surface area contributed by atoms with Crippen LogP contribution in [0.15, 0.2) is 29.2 Å². The van der Waals surface area contributed by atoms with Crippen LogP contribution >= 0.6 is 11.8 Å². The molecule has 0 aliphatic carbocycles. The number of halogens is 3. The van der Waals surface area contributed by atoms with Crippen LogP contribution in [0.4, 0.5) is 13.2 Å². The highest BCUT2D eigenvalue weighted by Crippen LogP contribution is 2.38. The van der Waals surface area contributed by atoms with E-state index in [-0.39, 0.29) is 5.25 Å². The van der Waals surface area contributed by atoms with Gasteiger partial charge in [0, 0.05) is 23.2 Å². The van der Waals surface area contributed by atoms with Crippen molar-refractivity contribution in [3.63, 3.8) is 0 Å². The van der Waals surface area contributed by atoms with Gasteiger partial charge in [0.2, 0.25) is 0 Å². The molecule has 1 nitrogen and oxygen atoms in total. The van der Waals surface area contributed by atoms with E-state index in [1.807, 2.05) is 0 Å². The fourth-order valence-electron chi connectivity index (χ4n) is 1.33. The second kappa shape index (κ2) is 4.06. The number of benzene rings is 1. The zero-order valence-corrected chi connectivity index (χ0v) is 8.66. The third-order valence-electron chi connectivity index (χ3n) is 2.23. The summed E-state index contributed by atoms with van der Waals surface area (Å²) in [5.74, 6) is 0. The highest BCUT2D eigenvalue weighted by molar-refractivity contribution is 8.00. The van der Waals surface area contributed by atoms with E-state index in [2.05, 4.69) is 5.32 Å².